The zero-order valence-corrected chi connectivity index (χ0v) is 5.65. The van der Waals surface area contributed by atoms with E-state index in [1.165, 1.54) is 0 Å². The zero-order valence-electron chi connectivity index (χ0n) is 5.65. The van der Waals surface area contributed by atoms with Crippen LogP contribution in [0.15, 0.2) is 0 Å². The molecule has 50 valence electrons. The van der Waals surface area contributed by atoms with Gasteiger partial charge in [0.1, 0.15) is 0 Å². The van der Waals surface area contributed by atoms with E-state index < -0.39 is 0 Å². The van der Waals surface area contributed by atoms with E-state index in [4.69, 9.17) is 5.11 Å². The Balaban J connectivity index is 2.86. The lowest BCUT2D eigenvalue weighted by molar-refractivity contribution is 0.168. The molecule has 0 heterocycles. The van der Waals surface area contributed by atoms with Gasteiger partial charge in [-0.3, -0.25) is 0 Å². The molecule has 0 aromatic carbocycles. The molecule has 0 aromatic rings. The maximum Gasteiger partial charge on any atom is 0.0662 e. The van der Waals surface area contributed by atoms with Gasteiger partial charge in [0.15, 0.2) is 0 Å². The normalized spacial score (nSPS) is 13.9. The van der Waals surface area contributed by atoms with Crippen LogP contribution in [0.3, 0.4) is 0 Å². The van der Waals surface area contributed by atoms with Crippen LogP contribution in [-0.4, -0.2) is 24.3 Å². The number of rotatable bonds is 4. The Labute approximate surface area is 50.9 Å². The topological polar surface area (TPSA) is 32.3 Å². The Hall–Kier alpha value is -0.0800. The van der Waals surface area contributed by atoms with Crippen molar-refractivity contribution in [2.24, 2.45) is 0 Å². The number of aliphatic hydroxyl groups excluding tert-OH is 1. The van der Waals surface area contributed by atoms with Crippen molar-refractivity contribution in [3.63, 3.8) is 0 Å². The average Bonchev–Trinajstić information content (AvgIpc) is 1.83. The summed E-state index contributed by atoms with van der Waals surface area (Å²) in [7, 11) is 0. The average molecular weight is 117 g/mol. The molecule has 0 spiro atoms. The Morgan fingerprint density at radius 2 is 2.12 bits per heavy atom. The molecule has 0 amide bonds. The molecule has 2 nitrogen and oxygen atoms in total. The summed E-state index contributed by atoms with van der Waals surface area (Å²) in [4.78, 5) is 0. The lowest BCUT2D eigenvalue weighted by Gasteiger charge is -2.05. The van der Waals surface area contributed by atoms with Gasteiger partial charge in [-0.2, -0.15) is 0 Å². The van der Waals surface area contributed by atoms with E-state index in [-0.39, 0.29) is 6.10 Å². The first-order valence-corrected chi connectivity index (χ1v) is 3.20. The van der Waals surface area contributed by atoms with Crippen molar-refractivity contribution in [3.05, 3.63) is 0 Å². The van der Waals surface area contributed by atoms with Crippen LogP contribution >= 0.6 is 0 Å². The molecule has 0 aliphatic heterocycles. The number of aliphatic hydroxyl groups is 1. The third kappa shape index (κ3) is 4.09. The molecule has 0 fully saturated rings. The van der Waals surface area contributed by atoms with Gasteiger partial charge in [0.05, 0.1) is 6.10 Å². The Bertz CT molecular complexity index is 47.8. The van der Waals surface area contributed by atoms with Crippen LogP contribution in [0.4, 0.5) is 0 Å². The molecule has 0 aliphatic rings. The molecular weight excluding hydrogens is 102 g/mol. The molecule has 0 aromatic heterocycles. The summed E-state index contributed by atoms with van der Waals surface area (Å²) in [6.45, 7) is 5.68. The van der Waals surface area contributed by atoms with Crippen LogP contribution in [-0.2, 0) is 0 Å². The maximum atomic E-state index is 8.93. The third-order valence-electron chi connectivity index (χ3n) is 1.10. The summed E-state index contributed by atoms with van der Waals surface area (Å²) >= 11 is 0. The Morgan fingerprint density at radius 1 is 1.50 bits per heavy atom. The van der Waals surface area contributed by atoms with Gasteiger partial charge < -0.3 is 10.4 Å². The highest BCUT2D eigenvalue weighted by Gasteiger charge is 1.95. The summed E-state index contributed by atoms with van der Waals surface area (Å²) in [5.41, 5.74) is 0. The largest absolute Gasteiger partial charge is 0.392 e. The standard InChI is InChI=1S/C6H15NO/c1-3-6(8)5-7-4-2/h6-8H,3-5H2,1-2H3/t6-/m0/s1. The molecule has 0 unspecified atom stereocenters. The van der Waals surface area contributed by atoms with Crippen molar-refractivity contribution in [1.82, 2.24) is 5.32 Å². The summed E-state index contributed by atoms with van der Waals surface area (Å²) in [5.74, 6) is 0. The SMILES string of the molecule is CCNC[C@@H](O)CC. The van der Waals surface area contributed by atoms with Crippen LogP contribution in [0.1, 0.15) is 20.3 Å². The van der Waals surface area contributed by atoms with Crippen molar-refractivity contribution in [1.29, 1.82) is 0 Å². The Morgan fingerprint density at radius 3 is 2.50 bits per heavy atom. The van der Waals surface area contributed by atoms with E-state index in [1.54, 1.807) is 0 Å². The minimum absolute atomic E-state index is 0.157. The van der Waals surface area contributed by atoms with Gasteiger partial charge in [-0.1, -0.05) is 13.8 Å². The number of likely N-dealkylation sites (N-methyl/N-ethyl adjacent to an activating group) is 1. The molecule has 2 heteroatoms. The fraction of sp³-hybridized carbons (Fsp3) is 1.00. The smallest absolute Gasteiger partial charge is 0.0662 e. The monoisotopic (exact) mass is 117 g/mol. The van der Waals surface area contributed by atoms with E-state index >= 15 is 0 Å². The highest BCUT2D eigenvalue weighted by atomic mass is 16.3. The molecule has 0 bridgehead atoms. The minimum Gasteiger partial charge on any atom is -0.392 e. The second-order valence-electron chi connectivity index (χ2n) is 1.87. The molecule has 8 heavy (non-hydrogen) atoms. The van der Waals surface area contributed by atoms with Crippen molar-refractivity contribution < 1.29 is 5.11 Å². The summed E-state index contributed by atoms with van der Waals surface area (Å²) in [6, 6.07) is 0. The molecule has 0 saturated heterocycles. The Kier molecular flexibility index (Phi) is 5.01. The van der Waals surface area contributed by atoms with E-state index in [1.807, 2.05) is 13.8 Å². The van der Waals surface area contributed by atoms with Gasteiger partial charge in [-0.15, -0.1) is 0 Å². The first kappa shape index (κ1) is 7.92. The first-order valence-electron chi connectivity index (χ1n) is 3.20. The van der Waals surface area contributed by atoms with E-state index in [0.717, 1.165) is 19.5 Å². The zero-order chi connectivity index (χ0) is 6.41. The van der Waals surface area contributed by atoms with Crippen LogP contribution in [0.5, 0.6) is 0 Å². The van der Waals surface area contributed by atoms with E-state index in [9.17, 15) is 0 Å². The summed E-state index contributed by atoms with van der Waals surface area (Å²) in [5, 5.41) is 12.0. The first-order chi connectivity index (χ1) is 3.81. The highest BCUT2D eigenvalue weighted by molar-refractivity contribution is 4.53. The molecule has 1 atom stereocenters. The minimum atomic E-state index is -0.157. The van der Waals surface area contributed by atoms with Crippen LogP contribution in [0.25, 0.3) is 0 Å². The van der Waals surface area contributed by atoms with Crippen molar-refractivity contribution >= 4 is 0 Å². The maximum absolute atomic E-state index is 8.93. The molecule has 0 rings (SSSR count). The van der Waals surface area contributed by atoms with Crippen LogP contribution in [0, 0.1) is 0 Å². The molecule has 0 radical (unpaired) electrons. The number of hydrogen-bond donors (Lipinski definition) is 2. The number of hydrogen-bond acceptors (Lipinski definition) is 2. The van der Waals surface area contributed by atoms with Crippen molar-refractivity contribution in [2.75, 3.05) is 13.1 Å². The lowest BCUT2D eigenvalue weighted by atomic mass is 10.3. The second kappa shape index (κ2) is 5.06. The third-order valence-corrected chi connectivity index (χ3v) is 1.10. The fourth-order valence-electron chi connectivity index (χ4n) is 0.455. The summed E-state index contributed by atoms with van der Waals surface area (Å²) < 4.78 is 0. The fourth-order valence-corrected chi connectivity index (χ4v) is 0.455. The van der Waals surface area contributed by atoms with Crippen LogP contribution < -0.4 is 5.32 Å². The predicted molar refractivity (Wildman–Crippen MR) is 34.8 cm³/mol. The molecule has 0 saturated carbocycles. The second-order valence-corrected chi connectivity index (χ2v) is 1.87. The van der Waals surface area contributed by atoms with Gasteiger partial charge in [0.2, 0.25) is 0 Å². The molecular formula is C6H15NO. The quantitative estimate of drug-likeness (QED) is 0.557. The van der Waals surface area contributed by atoms with Crippen molar-refractivity contribution in [3.8, 4) is 0 Å². The van der Waals surface area contributed by atoms with Gasteiger partial charge in [-0.25, -0.2) is 0 Å². The van der Waals surface area contributed by atoms with Gasteiger partial charge in [0, 0.05) is 6.54 Å². The highest BCUT2D eigenvalue weighted by Crippen LogP contribution is 1.84. The van der Waals surface area contributed by atoms with E-state index in [2.05, 4.69) is 5.32 Å². The lowest BCUT2D eigenvalue weighted by Crippen LogP contribution is -2.25. The number of nitrogens with one attached hydrogen (secondary N) is 1. The molecule has 0 aliphatic carbocycles. The van der Waals surface area contributed by atoms with Gasteiger partial charge >= 0.3 is 0 Å². The van der Waals surface area contributed by atoms with Crippen molar-refractivity contribution in [2.45, 2.75) is 26.4 Å². The van der Waals surface area contributed by atoms with Gasteiger partial charge in [0.25, 0.3) is 0 Å². The van der Waals surface area contributed by atoms with E-state index in [0.29, 0.717) is 0 Å². The summed E-state index contributed by atoms with van der Waals surface area (Å²) in [6.07, 6.45) is 0.683. The predicted octanol–water partition coefficient (Wildman–Crippen LogP) is 0.367. The molecule has 2 N–H and O–H groups in total. The van der Waals surface area contributed by atoms with Crippen LogP contribution in [0.2, 0.25) is 0 Å². The van der Waals surface area contributed by atoms with Gasteiger partial charge in [-0.05, 0) is 13.0 Å².